The second kappa shape index (κ2) is 7.10. The van der Waals surface area contributed by atoms with Crippen molar-refractivity contribution in [2.24, 2.45) is 5.73 Å². The van der Waals surface area contributed by atoms with Gasteiger partial charge in [-0.3, -0.25) is 14.9 Å². The maximum atomic E-state index is 11.7. The van der Waals surface area contributed by atoms with E-state index in [0.717, 1.165) is 12.8 Å². The van der Waals surface area contributed by atoms with Crippen molar-refractivity contribution in [2.45, 2.75) is 32.2 Å². The Morgan fingerprint density at radius 2 is 2.11 bits per heavy atom. The lowest BCUT2D eigenvalue weighted by Gasteiger charge is -2.26. The average Bonchev–Trinajstić information content (AvgIpc) is 2.85. The Kier molecular flexibility index (Phi) is 6.51. The van der Waals surface area contributed by atoms with Crippen molar-refractivity contribution < 1.29 is 9.72 Å². The Morgan fingerprint density at radius 1 is 1.53 bits per heavy atom. The van der Waals surface area contributed by atoms with Crippen LogP contribution in [0.1, 0.15) is 37.2 Å². The molecule has 0 atom stereocenters. The standard InChI is InChI=1S/C11H18N4O3.ClH/c1-3-11(12,4-2)7-14-10(16)9-5-8(6-13-9)15(17)18;/h5-6,13H,3-4,7,12H2,1-2H3,(H,14,16);1H. The van der Waals surface area contributed by atoms with E-state index in [1.807, 2.05) is 13.8 Å². The van der Waals surface area contributed by atoms with Gasteiger partial charge in [-0.15, -0.1) is 12.4 Å². The number of nitro groups is 1. The largest absolute Gasteiger partial charge is 0.351 e. The molecule has 1 heterocycles. The molecule has 0 fully saturated rings. The fourth-order valence-corrected chi connectivity index (χ4v) is 1.47. The molecule has 0 aliphatic carbocycles. The van der Waals surface area contributed by atoms with Gasteiger partial charge in [0.05, 0.1) is 11.1 Å². The number of aromatic amines is 1. The summed E-state index contributed by atoms with van der Waals surface area (Å²) in [7, 11) is 0. The van der Waals surface area contributed by atoms with Crippen molar-refractivity contribution in [3.8, 4) is 0 Å². The summed E-state index contributed by atoms with van der Waals surface area (Å²) in [6.45, 7) is 4.25. The molecular formula is C11H19ClN4O3. The van der Waals surface area contributed by atoms with E-state index in [2.05, 4.69) is 10.3 Å². The van der Waals surface area contributed by atoms with Crippen LogP contribution in [-0.4, -0.2) is 27.9 Å². The summed E-state index contributed by atoms with van der Waals surface area (Å²) in [6, 6.07) is 1.20. The van der Waals surface area contributed by atoms with E-state index < -0.39 is 10.5 Å². The Labute approximate surface area is 117 Å². The van der Waals surface area contributed by atoms with Gasteiger partial charge in [0.1, 0.15) is 5.69 Å². The first kappa shape index (κ1) is 17.4. The van der Waals surface area contributed by atoms with E-state index in [1.165, 1.54) is 12.3 Å². The number of carbonyl (C=O) groups excluding carboxylic acids is 1. The van der Waals surface area contributed by atoms with E-state index in [1.54, 1.807) is 0 Å². The Morgan fingerprint density at radius 3 is 2.53 bits per heavy atom. The second-order valence-electron chi connectivity index (χ2n) is 4.28. The van der Waals surface area contributed by atoms with Crippen LogP contribution in [0.15, 0.2) is 12.3 Å². The molecule has 1 amide bonds. The number of hydrogen-bond acceptors (Lipinski definition) is 4. The lowest BCUT2D eigenvalue weighted by atomic mass is 9.94. The molecule has 0 aliphatic rings. The molecule has 0 spiro atoms. The number of H-pyrrole nitrogens is 1. The van der Waals surface area contributed by atoms with E-state index in [4.69, 9.17) is 5.73 Å². The highest BCUT2D eigenvalue weighted by Crippen LogP contribution is 2.13. The van der Waals surface area contributed by atoms with Crippen LogP contribution in [0.3, 0.4) is 0 Å². The number of nitrogens with zero attached hydrogens (tertiary/aromatic N) is 1. The average molecular weight is 291 g/mol. The summed E-state index contributed by atoms with van der Waals surface area (Å²) in [6.07, 6.45) is 2.67. The van der Waals surface area contributed by atoms with Crippen LogP contribution in [0.25, 0.3) is 0 Å². The van der Waals surface area contributed by atoms with Gasteiger partial charge < -0.3 is 16.0 Å². The molecule has 7 nitrogen and oxygen atoms in total. The molecular weight excluding hydrogens is 272 g/mol. The second-order valence-corrected chi connectivity index (χ2v) is 4.28. The van der Waals surface area contributed by atoms with Crippen molar-refractivity contribution in [2.75, 3.05) is 6.54 Å². The Bertz CT molecular complexity index is 443. The van der Waals surface area contributed by atoms with Crippen LogP contribution in [0.4, 0.5) is 5.69 Å². The van der Waals surface area contributed by atoms with Crippen molar-refractivity contribution >= 4 is 24.0 Å². The number of rotatable bonds is 6. The molecule has 1 rings (SSSR count). The SMILES string of the molecule is CCC(N)(CC)CNC(=O)c1cc([N+](=O)[O-])c[nH]1.Cl. The molecule has 1 aromatic heterocycles. The number of hydrogen-bond donors (Lipinski definition) is 3. The molecule has 0 saturated heterocycles. The van der Waals surface area contributed by atoms with Crippen LogP contribution < -0.4 is 11.1 Å². The third-order valence-corrected chi connectivity index (χ3v) is 3.13. The fraction of sp³-hybridized carbons (Fsp3) is 0.545. The number of nitrogens with one attached hydrogen (secondary N) is 2. The summed E-state index contributed by atoms with van der Waals surface area (Å²) in [5.74, 6) is -0.389. The van der Waals surface area contributed by atoms with Crippen LogP contribution in [-0.2, 0) is 0 Å². The van der Waals surface area contributed by atoms with E-state index in [9.17, 15) is 14.9 Å². The first-order valence-electron chi connectivity index (χ1n) is 5.81. The van der Waals surface area contributed by atoms with Gasteiger partial charge in [-0.2, -0.15) is 0 Å². The molecule has 0 radical (unpaired) electrons. The molecule has 1 aromatic rings. The van der Waals surface area contributed by atoms with Gasteiger partial charge in [0, 0.05) is 18.2 Å². The highest BCUT2D eigenvalue weighted by Gasteiger charge is 2.22. The van der Waals surface area contributed by atoms with Crippen molar-refractivity contribution in [1.29, 1.82) is 0 Å². The quantitative estimate of drug-likeness (QED) is 0.545. The van der Waals surface area contributed by atoms with Crippen LogP contribution >= 0.6 is 12.4 Å². The van der Waals surface area contributed by atoms with Gasteiger partial charge in [-0.1, -0.05) is 13.8 Å². The molecule has 0 saturated carbocycles. The zero-order valence-corrected chi connectivity index (χ0v) is 11.8. The minimum Gasteiger partial charge on any atom is -0.351 e. The van der Waals surface area contributed by atoms with Crippen LogP contribution in [0.2, 0.25) is 0 Å². The summed E-state index contributed by atoms with van der Waals surface area (Å²) in [5, 5.41) is 13.2. The lowest BCUT2D eigenvalue weighted by Crippen LogP contribution is -2.49. The summed E-state index contributed by atoms with van der Waals surface area (Å²) in [5.41, 5.74) is 5.64. The van der Waals surface area contributed by atoms with E-state index in [0.29, 0.717) is 6.54 Å². The third-order valence-electron chi connectivity index (χ3n) is 3.13. The maximum absolute atomic E-state index is 11.7. The van der Waals surface area contributed by atoms with Gasteiger partial charge in [0.2, 0.25) is 0 Å². The summed E-state index contributed by atoms with van der Waals surface area (Å²) >= 11 is 0. The predicted octanol–water partition coefficient (Wildman–Crippen LogP) is 1.59. The first-order valence-corrected chi connectivity index (χ1v) is 5.81. The number of nitrogens with two attached hydrogens (primary N) is 1. The van der Waals surface area contributed by atoms with Gasteiger partial charge >= 0.3 is 0 Å². The zero-order chi connectivity index (χ0) is 13.8. The Hall–Kier alpha value is -1.60. The Balaban J connectivity index is 0.00000324. The first-order chi connectivity index (χ1) is 8.41. The summed E-state index contributed by atoms with van der Waals surface area (Å²) in [4.78, 5) is 24.2. The topological polar surface area (TPSA) is 114 Å². The molecule has 8 heteroatoms. The number of aromatic nitrogens is 1. The van der Waals surface area contributed by atoms with Crippen molar-refractivity contribution in [3.05, 3.63) is 28.1 Å². The van der Waals surface area contributed by atoms with Gasteiger partial charge in [0.15, 0.2) is 0 Å². The highest BCUT2D eigenvalue weighted by atomic mass is 35.5. The molecule has 0 aromatic carbocycles. The fourth-order valence-electron chi connectivity index (χ4n) is 1.47. The van der Waals surface area contributed by atoms with Crippen molar-refractivity contribution in [3.63, 3.8) is 0 Å². The number of amides is 1. The molecule has 19 heavy (non-hydrogen) atoms. The molecule has 4 N–H and O–H groups in total. The normalized spacial score (nSPS) is 10.7. The van der Waals surface area contributed by atoms with Crippen molar-refractivity contribution in [1.82, 2.24) is 10.3 Å². The smallest absolute Gasteiger partial charge is 0.287 e. The van der Waals surface area contributed by atoms with Crippen LogP contribution in [0.5, 0.6) is 0 Å². The monoisotopic (exact) mass is 290 g/mol. The van der Waals surface area contributed by atoms with Gasteiger partial charge in [0.25, 0.3) is 11.6 Å². The number of carbonyl (C=O) groups is 1. The predicted molar refractivity (Wildman–Crippen MR) is 74.5 cm³/mol. The molecule has 0 bridgehead atoms. The minimum absolute atomic E-state index is 0. The van der Waals surface area contributed by atoms with Crippen LogP contribution in [0, 0.1) is 10.1 Å². The molecule has 0 unspecified atom stereocenters. The minimum atomic E-state index is -0.557. The van der Waals surface area contributed by atoms with E-state index >= 15 is 0 Å². The highest BCUT2D eigenvalue weighted by molar-refractivity contribution is 5.93. The van der Waals surface area contributed by atoms with Gasteiger partial charge in [-0.25, -0.2) is 0 Å². The van der Waals surface area contributed by atoms with Gasteiger partial charge in [-0.05, 0) is 12.8 Å². The maximum Gasteiger partial charge on any atom is 0.287 e. The zero-order valence-electron chi connectivity index (χ0n) is 10.9. The van der Waals surface area contributed by atoms with E-state index in [-0.39, 0.29) is 29.7 Å². The summed E-state index contributed by atoms with van der Waals surface area (Å²) < 4.78 is 0. The third kappa shape index (κ3) is 4.53. The lowest BCUT2D eigenvalue weighted by molar-refractivity contribution is -0.384. The molecule has 0 aliphatic heterocycles. The number of halogens is 1. The molecule has 108 valence electrons.